The van der Waals surface area contributed by atoms with Gasteiger partial charge in [-0.15, -0.1) is 0 Å². The summed E-state index contributed by atoms with van der Waals surface area (Å²) < 4.78 is 5.41. The Balaban J connectivity index is 0. The van der Waals surface area contributed by atoms with Crippen LogP contribution in [0.3, 0.4) is 0 Å². The van der Waals surface area contributed by atoms with Crippen molar-refractivity contribution in [3.63, 3.8) is 0 Å². The molecule has 1 aromatic carbocycles. The molecule has 0 spiro atoms. The predicted octanol–water partition coefficient (Wildman–Crippen LogP) is -7.66. The molecule has 0 aromatic heterocycles. The van der Waals surface area contributed by atoms with Gasteiger partial charge in [-0.1, -0.05) is 30.3 Å². The fourth-order valence-corrected chi connectivity index (χ4v) is 3.28. The van der Waals surface area contributed by atoms with Gasteiger partial charge >= 0.3 is 41.4 Å². The Labute approximate surface area is 246 Å². The fraction of sp³-hybridized carbons (Fsp3) is 0.500. The molecule has 14 nitrogen and oxygen atoms in total. The third-order valence-corrected chi connectivity index (χ3v) is 4.93. The Hall–Kier alpha value is -2.27. The van der Waals surface area contributed by atoms with Crippen molar-refractivity contribution in [1.29, 1.82) is 0 Å². The second-order valence-electron chi connectivity index (χ2n) is 7.78. The molecule has 0 N–H and O–H groups in total. The van der Waals surface area contributed by atoms with E-state index >= 15 is 0 Å². The van der Waals surface area contributed by atoms with Crippen LogP contribution in [0.2, 0.25) is 0 Å². The van der Waals surface area contributed by atoms with E-state index < -0.39 is 68.7 Å². The average molecular weight is 667 g/mol. The van der Waals surface area contributed by atoms with Crippen LogP contribution in [0, 0.1) is 39.9 Å². The van der Waals surface area contributed by atoms with Crippen LogP contribution in [0.1, 0.15) is 6.99 Å². The van der Waals surface area contributed by atoms with Gasteiger partial charge in [0, 0.05) is 52.4 Å². The number of nitrogens with zero attached hydrogens (tertiary/aromatic N) is 3. The molecular weight excluding hydrogens is 640 g/mol. The summed E-state index contributed by atoms with van der Waals surface area (Å²) in [5, 5.41) is 55.7. The summed E-state index contributed by atoms with van der Waals surface area (Å²) in [6.07, 6.45) is 0. The van der Waals surface area contributed by atoms with Crippen molar-refractivity contribution >= 4 is 29.8 Å². The molecule has 0 aliphatic carbocycles. The van der Waals surface area contributed by atoms with Crippen LogP contribution in [0.4, 0.5) is 0 Å². The number of hydrogen-bond donors (Lipinski definition) is 0. The van der Waals surface area contributed by atoms with Gasteiger partial charge in [-0.05, 0) is 5.56 Å². The van der Waals surface area contributed by atoms with Crippen LogP contribution in [0.15, 0.2) is 30.3 Å². The standard InChI is InChI=1S/C22H31N3O11.Gd/c26-18(27)10-23(6-7-24(11-19(28)29)12-20(30)31)8-9-25(13-21(32)33)17(22(34)35)15-36-14-16-4-2-1-3-5-16;/h1-5,17H,6-15H2,(H,26,27)(H,28,29)(H,30,31)(H,32,33)(H,34,35);/q;+3/p-4. The van der Waals surface area contributed by atoms with Gasteiger partial charge in [0.15, 0.2) is 0 Å². The van der Waals surface area contributed by atoms with Crippen molar-refractivity contribution in [3.05, 3.63) is 35.9 Å². The maximum atomic E-state index is 11.7. The number of carbonyl (C=O) groups is 5. The van der Waals surface area contributed by atoms with E-state index in [0.717, 1.165) is 15.4 Å². The van der Waals surface area contributed by atoms with Crippen molar-refractivity contribution in [1.82, 2.24) is 14.7 Å². The van der Waals surface area contributed by atoms with Crippen molar-refractivity contribution in [2.45, 2.75) is 12.6 Å². The van der Waals surface area contributed by atoms with Crippen LogP contribution in [0.25, 0.3) is 0 Å². The molecule has 0 aliphatic rings. The number of carboxylic acid groups (broad SMARTS) is 5. The Morgan fingerprint density at radius 3 is 1.65 bits per heavy atom. The zero-order valence-electron chi connectivity index (χ0n) is 20.7. The van der Waals surface area contributed by atoms with E-state index in [1.807, 2.05) is 0 Å². The van der Waals surface area contributed by atoms with Crippen molar-refractivity contribution in [2.75, 3.05) is 59.0 Å². The van der Waals surface area contributed by atoms with E-state index in [1.165, 1.54) is 4.90 Å². The molecule has 0 amide bonds. The zero-order valence-corrected chi connectivity index (χ0v) is 22.0. The number of hydrogen-bond acceptors (Lipinski definition) is 14. The summed E-state index contributed by atoms with van der Waals surface area (Å²) in [5.74, 6) is -7.85. The van der Waals surface area contributed by atoms with E-state index in [-0.39, 0.29) is 74.2 Å². The molecule has 0 heterocycles. The fourth-order valence-electron chi connectivity index (χ4n) is 3.28. The Morgan fingerprint density at radius 1 is 0.703 bits per heavy atom. The SMILES string of the molecule is O=C([O-])CN(CCN(CC(=O)[O-])CC(=O)[O-])CCN(CC(=O)[O-])C(COCc1ccccc1)C(=O)[O-].[Gd+3].[H+]. The Bertz CT molecular complexity index is 879. The van der Waals surface area contributed by atoms with Crippen LogP contribution in [-0.4, -0.2) is 110 Å². The minimum atomic E-state index is -1.62. The summed E-state index contributed by atoms with van der Waals surface area (Å²) in [7, 11) is 0. The monoisotopic (exact) mass is 667 g/mol. The molecule has 205 valence electrons. The van der Waals surface area contributed by atoms with E-state index in [2.05, 4.69) is 0 Å². The van der Waals surface area contributed by atoms with E-state index in [9.17, 15) is 49.5 Å². The van der Waals surface area contributed by atoms with Crippen LogP contribution >= 0.6 is 0 Å². The molecule has 0 bridgehead atoms. The van der Waals surface area contributed by atoms with Crippen molar-refractivity contribution in [3.8, 4) is 0 Å². The zero-order chi connectivity index (χ0) is 27.1. The number of ether oxygens (including phenoxy) is 1. The first kappa shape index (κ1) is 34.7. The number of rotatable bonds is 20. The Morgan fingerprint density at radius 2 is 1.16 bits per heavy atom. The van der Waals surface area contributed by atoms with Gasteiger partial charge in [-0.2, -0.15) is 0 Å². The second kappa shape index (κ2) is 18.9. The van der Waals surface area contributed by atoms with Crippen LogP contribution in [-0.2, 0) is 35.3 Å². The van der Waals surface area contributed by atoms with E-state index in [1.54, 1.807) is 30.3 Å². The smallest absolute Gasteiger partial charge is 0.549 e. The number of benzene rings is 1. The number of carbonyl (C=O) groups excluding carboxylic acids is 5. The van der Waals surface area contributed by atoms with Gasteiger partial charge in [0.05, 0.1) is 49.1 Å². The first-order chi connectivity index (χ1) is 17.0. The summed E-state index contributed by atoms with van der Waals surface area (Å²) in [6, 6.07) is 7.27. The molecule has 0 fully saturated rings. The molecule has 1 radical (unpaired) electrons. The number of aliphatic carboxylic acids is 5. The van der Waals surface area contributed by atoms with Crippen molar-refractivity contribution in [2.24, 2.45) is 0 Å². The minimum Gasteiger partial charge on any atom is -0.549 e. The maximum absolute atomic E-state index is 11.7. The van der Waals surface area contributed by atoms with Gasteiger partial charge in [0.25, 0.3) is 0 Å². The third-order valence-electron chi connectivity index (χ3n) is 4.93. The van der Waals surface area contributed by atoms with E-state index in [0.29, 0.717) is 0 Å². The molecule has 1 atom stereocenters. The first-order valence-electron chi connectivity index (χ1n) is 10.8. The Kier molecular flexibility index (Phi) is 17.7. The molecule has 1 rings (SSSR count). The average Bonchev–Trinajstić information content (AvgIpc) is 2.76. The van der Waals surface area contributed by atoms with Crippen LogP contribution < -0.4 is 25.5 Å². The number of carboxylic acids is 5. The molecule has 37 heavy (non-hydrogen) atoms. The topological polar surface area (TPSA) is 220 Å². The summed E-state index contributed by atoms with van der Waals surface area (Å²) in [4.78, 5) is 58.8. The van der Waals surface area contributed by atoms with Gasteiger partial charge in [0.1, 0.15) is 0 Å². The van der Waals surface area contributed by atoms with Gasteiger partial charge in [-0.3, -0.25) is 14.7 Å². The van der Waals surface area contributed by atoms with Gasteiger partial charge in [0.2, 0.25) is 0 Å². The molecular formula is C22H27GdN3O11-. The second-order valence-corrected chi connectivity index (χ2v) is 7.78. The van der Waals surface area contributed by atoms with E-state index in [4.69, 9.17) is 4.74 Å². The summed E-state index contributed by atoms with van der Waals surface area (Å²) in [6.45, 7) is -4.27. The third kappa shape index (κ3) is 16.2. The molecule has 0 aliphatic heterocycles. The molecule has 15 heteroatoms. The molecule has 0 saturated carbocycles. The molecule has 1 unspecified atom stereocenters. The predicted molar refractivity (Wildman–Crippen MR) is 110 cm³/mol. The molecule has 0 saturated heterocycles. The normalized spacial score (nSPS) is 11.8. The first-order valence-corrected chi connectivity index (χ1v) is 10.8. The summed E-state index contributed by atoms with van der Waals surface area (Å²) >= 11 is 0. The largest absolute Gasteiger partial charge is 3.00 e. The van der Waals surface area contributed by atoms with Gasteiger partial charge in [-0.25, -0.2) is 0 Å². The quantitative estimate of drug-likeness (QED) is 0.126. The maximum Gasteiger partial charge on any atom is 3.00 e. The van der Waals surface area contributed by atoms with Crippen LogP contribution in [0.5, 0.6) is 0 Å². The van der Waals surface area contributed by atoms with Crippen molar-refractivity contribution < 1.29 is 95.6 Å². The summed E-state index contributed by atoms with van der Waals surface area (Å²) in [5.41, 5.74) is 0.749. The molecule has 1 aromatic rings. The minimum absolute atomic E-state index is 0. The van der Waals surface area contributed by atoms with Gasteiger partial charge < -0.3 is 54.2 Å².